The maximum Gasteiger partial charge on any atom is 0.416 e. The molecule has 0 aliphatic heterocycles. The molecule has 3 aromatic carbocycles. The molecule has 32 heavy (non-hydrogen) atoms. The second kappa shape index (κ2) is 10.2. The number of alkyl halides is 3. The first-order valence-corrected chi connectivity index (χ1v) is 10.0. The lowest BCUT2D eigenvalue weighted by molar-refractivity contribution is -0.137. The van der Waals surface area contributed by atoms with Crippen molar-refractivity contribution in [1.29, 1.82) is 0 Å². The van der Waals surface area contributed by atoms with E-state index in [0.717, 1.165) is 17.7 Å². The molecule has 3 aromatic rings. The lowest BCUT2D eigenvalue weighted by Gasteiger charge is -2.23. The molecule has 4 nitrogen and oxygen atoms in total. The van der Waals surface area contributed by atoms with Crippen LogP contribution in [-0.2, 0) is 19.1 Å². The van der Waals surface area contributed by atoms with Gasteiger partial charge in [0.15, 0.2) is 11.5 Å². The fraction of sp³-hybridized carbons (Fsp3) is 0.240. The third-order valence-electron chi connectivity index (χ3n) is 5.08. The SMILES string of the molecule is COc1ccc(CCN(Cc2ccc(C(F)(F)F)cc2)C(=O)c2ccccc2)cc1OC. The van der Waals surface area contributed by atoms with Crippen molar-refractivity contribution in [3.05, 3.63) is 95.1 Å². The molecule has 0 N–H and O–H groups in total. The van der Waals surface area contributed by atoms with Crippen molar-refractivity contribution >= 4 is 5.91 Å². The number of hydrogen-bond acceptors (Lipinski definition) is 3. The van der Waals surface area contributed by atoms with Crippen LogP contribution in [-0.4, -0.2) is 31.6 Å². The Kier molecular flexibility index (Phi) is 7.41. The maximum atomic E-state index is 13.1. The Morgan fingerprint density at radius 2 is 1.47 bits per heavy atom. The van der Waals surface area contributed by atoms with Crippen LogP contribution in [0.25, 0.3) is 0 Å². The second-order valence-corrected chi connectivity index (χ2v) is 7.23. The van der Waals surface area contributed by atoms with E-state index in [1.165, 1.54) is 12.1 Å². The van der Waals surface area contributed by atoms with E-state index >= 15 is 0 Å². The van der Waals surface area contributed by atoms with Crippen LogP contribution in [0.2, 0.25) is 0 Å². The minimum absolute atomic E-state index is 0.189. The fourth-order valence-electron chi connectivity index (χ4n) is 3.34. The molecule has 168 valence electrons. The lowest BCUT2D eigenvalue weighted by Crippen LogP contribution is -2.32. The van der Waals surface area contributed by atoms with E-state index in [2.05, 4.69) is 0 Å². The van der Waals surface area contributed by atoms with Gasteiger partial charge in [-0.05, 0) is 53.9 Å². The quantitative estimate of drug-likeness (QED) is 0.454. The Balaban J connectivity index is 1.80. The zero-order valence-electron chi connectivity index (χ0n) is 17.9. The Morgan fingerprint density at radius 3 is 2.06 bits per heavy atom. The number of carbonyl (C=O) groups excluding carboxylic acids is 1. The van der Waals surface area contributed by atoms with Crippen molar-refractivity contribution in [2.45, 2.75) is 19.1 Å². The first-order chi connectivity index (χ1) is 15.3. The number of methoxy groups -OCH3 is 2. The largest absolute Gasteiger partial charge is 0.493 e. The standard InChI is InChI=1S/C25H24F3NO3/c1-31-22-13-10-18(16-23(22)32-2)14-15-29(24(30)20-6-4-3-5-7-20)17-19-8-11-21(12-9-19)25(26,27)28/h3-13,16H,14-15,17H2,1-2H3. The van der Waals surface area contributed by atoms with Gasteiger partial charge in [0.05, 0.1) is 19.8 Å². The van der Waals surface area contributed by atoms with Crippen LogP contribution < -0.4 is 9.47 Å². The number of amides is 1. The summed E-state index contributed by atoms with van der Waals surface area (Å²) >= 11 is 0. The molecule has 0 aliphatic rings. The number of halogens is 3. The van der Waals surface area contributed by atoms with Gasteiger partial charge < -0.3 is 14.4 Å². The van der Waals surface area contributed by atoms with Crippen molar-refractivity contribution in [2.24, 2.45) is 0 Å². The van der Waals surface area contributed by atoms with Crippen LogP contribution in [0, 0.1) is 0 Å². The summed E-state index contributed by atoms with van der Waals surface area (Å²) in [6.45, 7) is 0.573. The molecular formula is C25H24F3NO3. The highest BCUT2D eigenvalue weighted by molar-refractivity contribution is 5.94. The summed E-state index contributed by atoms with van der Waals surface area (Å²) < 4.78 is 49.2. The van der Waals surface area contributed by atoms with Gasteiger partial charge in [0.2, 0.25) is 0 Å². The third kappa shape index (κ3) is 5.81. The summed E-state index contributed by atoms with van der Waals surface area (Å²) in [7, 11) is 3.11. The molecule has 3 rings (SSSR count). The smallest absolute Gasteiger partial charge is 0.416 e. The van der Waals surface area contributed by atoms with Crippen LogP contribution in [0.4, 0.5) is 13.2 Å². The van der Waals surface area contributed by atoms with Gasteiger partial charge in [0, 0.05) is 18.7 Å². The Labute approximate surface area is 185 Å². The molecule has 0 aliphatic carbocycles. The monoisotopic (exact) mass is 443 g/mol. The van der Waals surface area contributed by atoms with Crippen molar-refractivity contribution in [3.63, 3.8) is 0 Å². The van der Waals surface area contributed by atoms with Gasteiger partial charge in [-0.3, -0.25) is 4.79 Å². The summed E-state index contributed by atoms with van der Waals surface area (Å²) in [5.74, 6) is 1.01. The molecule has 0 radical (unpaired) electrons. The lowest BCUT2D eigenvalue weighted by atomic mass is 10.1. The molecule has 0 unspecified atom stereocenters. The van der Waals surface area contributed by atoms with Gasteiger partial charge >= 0.3 is 6.18 Å². The summed E-state index contributed by atoms with van der Waals surface area (Å²) in [5.41, 5.74) is 1.37. The Hall–Kier alpha value is -3.48. The average molecular weight is 443 g/mol. The highest BCUT2D eigenvalue weighted by Gasteiger charge is 2.30. The molecule has 0 atom stereocenters. The molecule has 0 heterocycles. The van der Waals surface area contributed by atoms with Gasteiger partial charge in [-0.2, -0.15) is 13.2 Å². The second-order valence-electron chi connectivity index (χ2n) is 7.23. The highest BCUT2D eigenvalue weighted by atomic mass is 19.4. The predicted octanol–water partition coefficient (Wildman–Crippen LogP) is 5.61. The van der Waals surface area contributed by atoms with Crippen molar-refractivity contribution in [3.8, 4) is 11.5 Å². The predicted molar refractivity (Wildman–Crippen MR) is 116 cm³/mol. The van der Waals surface area contributed by atoms with E-state index in [1.807, 2.05) is 18.2 Å². The number of rotatable bonds is 8. The van der Waals surface area contributed by atoms with E-state index in [4.69, 9.17) is 9.47 Å². The molecule has 0 aromatic heterocycles. The van der Waals surface area contributed by atoms with Gasteiger partial charge in [-0.25, -0.2) is 0 Å². The molecule has 0 fully saturated rings. The molecule has 0 bridgehead atoms. The third-order valence-corrected chi connectivity index (χ3v) is 5.08. The van der Waals surface area contributed by atoms with Crippen molar-refractivity contribution < 1.29 is 27.4 Å². The van der Waals surface area contributed by atoms with Crippen LogP contribution in [0.3, 0.4) is 0 Å². The summed E-state index contributed by atoms with van der Waals surface area (Å²) in [6, 6.07) is 19.2. The van der Waals surface area contributed by atoms with Crippen LogP contribution >= 0.6 is 0 Å². The van der Waals surface area contributed by atoms with Gasteiger partial charge in [-0.1, -0.05) is 36.4 Å². The zero-order valence-corrected chi connectivity index (χ0v) is 17.9. The van der Waals surface area contributed by atoms with Crippen molar-refractivity contribution in [2.75, 3.05) is 20.8 Å². The number of benzene rings is 3. The topological polar surface area (TPSA) is 38.8 Å². The number of nitrogens with zero attached hydrogens (tertiary/aromatic N) is 1. The average Bonchev–Trinajstić information content (AvgIpc) is 2.81. The van der Waals surface area contributed by atoms with Crippen LogP contribution in [0.15, 0.2) is 72.8 Å². The zero-order chi connectivity index (χ0) is 23.1. The van der Waals surface area contributed by atoms with Crippen molar-refractivity contribution in [1.82, 2.24) is 4.90 Å². The first kappa shape index (κ1) is 23.2. The normalized spacial score (nSPS) is 11.2. The summed E-state index contributed by atoms with van der Waals surface area (Å²) in [4.78, 5) is 14.8. The fourth-order valence-corrected chi connectivity index (χ4v) is 3.34. The number of ether oxygens (including phenoxy) is 2. The van der Waals surface area contributed by atoms with E-state index in [1.54, 1.807) is 49.5 Å². The first-order valence-electron chi connectivity index (χ1n) is 10.0. The Bertz CT molecular complexity index is 1030. The molecule has 0 saturated heterocycles. The maximum absolute atomic E-state index is 13.1. The minimum atomic E-state index is -4.40. The Morgan fingerprint density at radius 1 is 0.844 bits per heavy atom. The minimum Gasteiger partial charge on any atom is -0.493 e. The van der Waals surface area contributed by atoms with Gasteiger partial charge in [0.1, 0.15) is 0 Å². The van der Waals surface area contributed by atoms with E-state index in [-0.39, 0.29) is 12.5 Å². The number of hydrogen-bond donors (Lipinski definition) is 0. The van der Waals surface area contributed by atoms with E-state index in [0.29, 0.717) is 35.6 Å². The molecule has 0 saturated carbocycles. The molecule has 1 amide bonds. The summed E-state index contributed by atoms with van der Waals surface area (Å²) in [5, 5.41) is 0. The van der Waals surface area contributed by atoms with Crippen LogP contribution in [0.1, 0.15) is 27.0 Å². The number of carbonyl (C=O) groups is 1. The molecule has 7 heteroatoms. The molecular weight excluding hydrogens is 419 g/mol. The van der Waals surface area contributed by atoms with Gasteiger partial charge in [-0.15, -0.1) is 0 Å². The van der Waals surface area contributed by atoms with Gasteiger partial charge in [0.25, 0.3) is 5.91 Å². The highest BCUT2D eigenvalue weighted by Crippen LogP contribution is 2.30. The van der Waals surface area contributed by atoms with E-state index in [9.17, 15) is 18.0 Å². The van der Waals surface area contributed by atoms with Crippen LogP contribution in [0.5, 0.6) is 11.5 Å². The molecule has 0 spiro atoms. The van der Waals surface area contributed by atoms with E-state index < -0.39 is 11.7 Å². The summed E-state index contributed by atoms with van der Waals surface area (Å²) in [6.07, 6.45) is -3.86.